The summed E-state index contributed by atoms with van der Waals surface area (Å²) in [6.45, 7) is 1.82. The van der Waals surface area contributed by atoms with Gasteiger partial charge in [0, 0.05) is 26.2 Å². The minimum absolute atomic E-state index is 0.131. The second-order valence-corrected chi connectivity index (χ2v) is 8.87. The first kappa shape index (κ1) is 20.0. The maximum atomic E-state index is 12.1. The van der Waals surface area contributed by atoms with E-state index in [-0.39, 0.29) is 17.3 Å². The zero-order chi connectivity index (χ0) is 17.7. The maximum absolute atomic E-state index is 12.1. The van der Waals surface area contributed by atoms with Gasteiger partial charge < -0.3 is 10.4 Å². The van der Waals surface area contributed by atoms with Crippen molar-refractivity contribution >= 4 is 27.7 Å². The van der Waals surface area contributed by atoms with E-state index in [4.69, 9.17) is 0 Å². The number of carbonyl (C=O) groups is 1. The zero-order valence-corrected chi connectivity index (χ0v) is 15.5. The minimum atomic E-state index is -3.51. The van der Waals surface area contributed by atoms with Crippen molar-refractivity contribution in [3.8, 4) is 0 Å². The van der Waals surface area contributed by atoms with Crippen LogP contribution in [0, 0.1) is 0 Å². The lowest BCUT2D eigenvalue weighted by Gasteiger charge is -2.23. The van der Waals surface area contributed by atoms with Crippen molar-refractivity contribution in [1.82, 2.24) is 9.62 Å². The summed E-state index contributed by atoms with van der Waals surface area (Å²) in [7, 11) is -0.604. The molecule has 0 aromatic heterocycles. The fraction of sp³-hybridized carbons (Fsp3) is 0.533. The summed E-state index contributed by atoms with van der Waals surface area (Å²) in [5, 5.41) is 12.8. The third-order valence-electron chi connectivity index (χ3n) is 3.37. The Bertz CT molecular complexity index is 625. The van der Waals surface area contributed by atoms with Gasteiger partial charge >= 0.3 is 0 Å². The lowest BCUT2D eigenvalue weighted by atomic mass is 10.0. The number of hydrogen-bond acceptors (Lipinski definition) is 5. The monoisotopic (exact) mass is 360 g/mol. The highest BCUT2D eigenvalue weighted by Gasteiger charge is 2.21. The van der Waals surface area contributed by atoms with Crippen molar-refractivity contribution in [1.29, 1.82) is 0 Å². The van der Waals surface area contributed by atoms with Crippen LogP contribution in [0.4, 0.5) is 0 Å². The quantitative estimate of drug-likeness (QED) is 0.727. The molecule has 23 heavy (non-hydrogen) atoms. The van der Waals surface area contributed by atoms with Gasteiger partial charge in [-0.15, -0.1) is 0 Å². The number of thioether (sulfide) groups is 1. The van der Waals surface area contributed by atoms with Gasteiger partial charge in [-0.25, -0.2) is 12.7 Å². The summed E-state index contributed by atoms with van der Waals surface area (Å²) in [6, 6.07) is 5.72. The molecule has 0 heterocycles. The molecule has 0 spiro atoms. The lowest BCUT2D eigenvalue weighted by molar-refractivity contribution is 0.0528. The predicted octanol–water partition coefficient (Wildman–Crippen LogP) is 1.17. The van der Waals surface area contributed by atoms with Gasteiger partial charge in [0.2, 0.25) is 10.0 Å². The number of nitrogens with one attached hydrogen (secondary N) is 1. The largest absolute Gasteiger partial charge is 0.388 e. The van der Waals surface area contributed by atoms with Crippen molar-refractivity contribution in [2.75, 3.05) is 32.6 Å². The molecule has 0 saturated heterocycles. The number of carbonyl (C=O) groups excluding carboxylic acids is 1. The van der Waals surface area contributed by atoms with Gasteiger partial charge in [-0.1, -0.05) is 0 Å². The highest BCUT2D eigenvalue weighted by atomic mass is 32.2. The average Bonchev–Trinajstić information content (AvgIpc) is 2.50. The fourth-order valence-corrected chi connectivity index (χ4v) is 3.32. The van der Waals surface area contributed by atoms with Crippen LogP contribution < -0.4 is 5.32 Å². The van der Waals surface area contributed by atoms with Gasteiger partial charge in [0.25, 0.3) is 5.91 Å². The van der Waals surface area contributed by atoms with Crippen LogP contribution in [0.15, 0.2) is 29.2 Å². The van der Waals surface area contributed by atoms with Gasteiger partial charge in [-0.05, 0) is 49.6 Å². The van der Waals surface area contributed by atoms with E-state index in [1.165, 1.54) is 38.4 Å². The molecule has 130 valence electrons. The summed E-state index contributed by atoms with van der Waals surface area (Å²) in [5.74, 6) is 0.461. The van der Waals surface area contributed by atoms with Crippen molar-refractivity contribution in [2.24, 2.45) is 0 Å². The average molecular weight is 361 g/mol. The van der Waals surface area contributed by atoms with Crippen LogP contribution in [0.25, 0.3) is 0 Å². The Labute approximate surface area is 142 Å². The van der Waals surface area contributed by atoms with E-state index < -0.39 is 15.6 Å². The van der Waals surface area contributed by atoms with E-state index in [0.717, 1.165) is 10.1 Å². The molecular weight excluding hydrogens is 336 g/mol. The van der Waals surface area contributed by atoms with Crippen molar-refractivity contribution in [2.45, 2.75) is 23.8 Å². The molecule has 1 atom stereocenters. The van der Waals surface area contributed by atoms with Gasteiger partial charge in [0.05, 0.1) is 10.5 Å². The topological polar surface area (TPSA) is 86.7 Å². The van der Waals surface area contributed by atoms with Crippen LogP contribution in [-0.4, -0.2) is 62.0 Å². The van der Waals surface area contributed by atoms with E-state index in [1.807, 2.05) is 6.26 Å². The Morgan fingerprint density at radius 2 is 1.87 bits per heavy atom. The molecule has 1 rings (SSSR count). The number of benzene rings is 1. The zero-order valence-electron chi connectivity index (χ0n) is 13.9. The fourth-order valence-electron chi connectivity index (χ4n) is 1.77. The number of amides is 1. The molecule has 1 aromatic carbocycles. The molecule has 0 saturated carbocycles. The van der Waals surface area contributed by atoms with Crippen LogP contribution in [0.3, 0.4) is 0 Å². The van der Waals surface area contributed by atoms with E-state index in [9.17, 15) is 18.3 Å². The lowest BCUT2D eigenvalue weighted by Crippen LogP contribution is -2.41. The number of rotatable bonds is 8. The van der Waals surface area contributed by atoms with E-state index >= 15 is 0 Å². The maximum Gasteiger partial charge on any atom is 0.251 e. The van der Waals surface area contributed by atoms with Gasteiger partial charge in [-0.3, -0.25) is 4.79 Å². The van der Waals surface area contributed by atoms with Crippen LogP contribution in [-0.2, 0) is 10.0 Å². The second kappa shape index (κ2) is 8.14. The molecule has 0 fully saturated rings. The Morgan fingerprint density at radius 3 is 2.35 bits per heavy atom. The molecule has 1 amide bonds. The summed E-state index contributed by atoms with van der Waals surface area (Å²) < 4.78 is 25.0. The standard InChI is InChI=1S/C15H24N2O4S2/c1-15(19,9-10-22-4)11-16-14(18)12-5-7-13(8-6-12)23(20,21)17(2)3/h5-8,19H,9-11H2,1-4H3,(H,16,18)/t15-/m0/s1. The van der Waals surface area contributed by atoms with Crippen molar-refractivity contribution in [3.63, 3.8) is 0 Å². The highest BCUT2D eigenvalue weighted by molar-refractivity contribution is 7.98. The third-order valence-corrected chi connectivity index (χ3v) is 5.81. The van der Waals surface area contributed by atoms with E-state index in [2.05, 4.69) is 5.32 Å². The smallest absolute Gasteiger partial charge is 0.251 e. The van der Waals surface area contributed by atoms with Crippen LogP contribution >= 0.6 is 11.8 Å². The highest BCUT2D eigenvalue weighted by Crippen LogP contribution is 2.15. The summed E-state index contributed by atoms with van der Waals surface area (Å²) >= 11 is 1.63. The Morgan fingerprint density at radius 1 is 1.30 bits per heavy atom. The van der Waals surface area contributed by atoms with Gasteiger partial charge in [0.15, 0.2) is 0 Å². The third kappa shape index (κ3) is 5.80. The molecule has 0 radical (unpaired) electrons. The molecule has 2 N–H and O–H groups in total. The molecule has 0 aliphatic heterocycles. The van der Waals surface area contributed by atoms with E-state index in [0.29, 0.717) is 12.0 Å². The molecule has 8 heteroatoms. The first-order chi connectivity index (χ1) is 10.6. The Balaban J connectivity index is 2.72. The molecular formula is C15H24N2O4S2. The second-order valence-electron chi connectivity index (χ2n) is 5.73. The van der Waals surface area contributed by atoms with Crippen LogP contribution in [0.5, 0.6) is 0 Å². The number of sulfonamides is 1. The normalized spacial score (nSPS) is 14.5. The predicted molar refractivity (Wildman–Crippen MR) is 93.3 cm³/mol. The molecule has 0 aliphatic rings. The minimum Gasteiger partial charge on any atom is -0.388 e. The summed E-state index contributed by atoms with van der Waals surface area (Å²) in [5.41, 5.74) is -0.615. The van der Waals surface area contributed by atoms with Crippen molar-refractivity contribution in [3.05, 3.63) is 29.8 Å². The number of hydrogen-bond donors (Lipinski definition) is 2. The molecule has 1 aromatic rings. The SMILES string of the molecule is CSCC[C@](C)(O)CNC(=O)c1ccc(S(=O)(=O)N(C)C)cc1. The number of nitrogens with zero attached hydrogens (tertiary/aromatic N) is 1. The molecule has 0 unspecified atom stereocenters. The summed E-state index contributed by atoms with van der Waals surface area (Å²) in [4.78, 5) is 12.2. The van der Waals surface area contributed by atoms with E-state index in [1.54, 1.807) is 18.7 Å². The summed E-state index contributed by atoms with van der Waals surface area (Å²) in [6.07, 6.45) is 2.53. The molecule has 0 aliphatic carbocycles. The van der Waals surface area contributed by atoms with Crippen LogP contribution in [0.1, 0.15) is 23.7 Å². The van der Waals surface area contributed by atoms with Crippen molar-refractivity contribution < 1.29 is 18.3 Å². The molecule has 6 nitrogen and oxygen atoms in total. The Hall–Kier alpha value is -1.09. The first-order valence-electron chi connectivity index (χ1n) is 7.12. The number of aliphatic hydroxyl groups is 1. The van der Waals surface area contributed by atoms with Gasteiger partial charge in [0.1, 0.15) is 0 Å². The molecule has 0 bridgehead atoms. The van der Waals surface area contributed by atoms with Gasteiger partial charge in [-0.2, -0.15) is 11.8 Å². The Kier molecular flexibility index (Phi) is 7.06. The first-order valence-corrected chi connectivity index (χ1v) is 9.96. The van der Waals surface area contributed by atoms with Crippen LogP contribution in [0.2, 0.25) is 0 Å².